The number of nitro benzene ring substituents is 1. The van der Waals surface area contributed by atoms with Gasteiger partial charge in [0.1, 0.15) is 6.54 Å². The standard InChI is InChI=1S/C28H28N4O5/c1-19-13-14-23(22(16-19)27(29-17-26(33)34)20-8-3-2-4-9-20)30-28(35)25-12-7-15-31(25)18-21-10-5-6-11-24(21)32(36)37/h2-6,8-11,13-14,16,25H,7,12,15,17-18H2,1H3,(H,30,35)(H,33,34). The number of rotatable bonds is 9. The third-order valence-electron chi connectivity index (χ3n) is 6.34. The second-order valence-electron chi connectivity index (χ2n) is 8.98. The van der Waals surface area contributed by atoms with Gasteiger partial charge in [0.05, 0.1) is 22.4 Å². The van der Waals surface area contributed by atoms with Crippen molar-refractivity contribution in [1.82, 2.24) is 4.90 Å². The van der Waals surface area contributed by atoms with Crippen molar-refractivity contribution in [2.24, 2.45) is 4.99 Å². The Bertz CT molecular complexity index is 1340. The highest BCUT2D eigenvalue weighted by molar-refractivity contribution is 6.17. The van der Waals surface area contributed by atoms with Crippen LogP contribution in [0.4, 0.5) is 11.4 Å². The van der Waals surface area contributed by atoms with Gasteiger partial charge in [0.25, 0.3) is 5.69 Å². The Morgan fingerprint density at radius 2 is 1.84 bits per heavy atom. The van der Waals surface area contributed by atoms with Crippen molar-refractivity contribution in [2.45, 2.75) is 32.4 Å². The molecule has 0 saturated carbocycles. The molecule has 9 nitrogen and oxygen atoms in total. The second kappa shape index (κ2) is 11.6. The van der Waals surface area contributed by atoms with Crippen LogP contribution in [0.2, 0.25) is 0 Å². The number of carbonyl (C=O) groups is 2. The minimum absolute atomic E-state index is 0.0384. The molecule has 3 aromatic carbocycles. The molecule has 1 aliphatic rings. The van der Waals surface area contributed by atoms with Gasteiger partial charge in [0, 0.05) is 29.3 Å². The first-order chi connectivity index (χ1) is 17.8. The Labute approximate surface area is 214 Å². The van der Waals surface area contributed by atoms with E-state index >= 15 is 0 Å². The molecule has 1 heterocycles. The molecule has 37 heavy (non-hydrogen) atoms. The van der Waals surface area contributed by atoms with Gasteiger partial charge in [-0.25, -0.2) is 0 Å². The first-order valence-corrected chi connectivity index (χ1v) is 12.0. The van der Waals surface area contributed by atoms with E-state index < -0.39 is 23.5 Å². The highest BCUT2D eigenvalue weighted by Crippen LogP contribution is 2.27. The van der Waals surface area contributed by atoms with Crippen LogP contribution in [0.15, 0.2) is 77.8 Å². The first-order valence-electron chi connectivity index (χ1n) is 12.0. The zero-order valence-electron chi connectivity index (χ0n) is 20.5. The zero-order valence-corrected chi connectivity index (χ0v) is 20.5. The fourth-order valence-electron chi connectivity index (χ4n) is 4.61. The van der Waals surface area contributed by atoms with Gasteiger partial charge in [-0.15, -0.1) is 0 Å². The quantitative estimate of drug-likeness (QED) is 0.254. The lowest BCUT2D eigenvalue weighted by molar-refractivity contribution is -0.385. The topological polar surface area (TPSA) is 125 Å². The Balaban J connectivity index is 1.62. The molecule has 0 bridgehead atoms. The van der Waals surface area contributed by atoms with Crippen LogP contribution in [0.3, 0.4) is 0 Å². The van der Waals surface area contributed by atoms with Crippen molar-refractivity contribution >= 4 is 29.0 Å². The van der Waals surface area contributed by atoms with E-state index in [1.54, 1.807) is 24.3 Å². The number of likely N-dealkylation sites (tertiary alicyclic amines) is 1. The average Bonchev–Trinajstić information content (AvgIpc) is 3.34. The molecule has 1 amide bonds. The van der Waals surface area contributed by atoms with Gasteiger partial charge in [-0.2, -0.15) is 0 Å². The van der Waals surface area contributed by atoms with E-state index in [1.807, 2.05) is 54.3 Å². The number of anilines is 1. The van der Waals surface area contributed by atoms with Crippen molar-refractivity contribution < 1.29 is 19.6 Å². The Kier molecular flexibility index (Phi) is 8.05. The molecule has 1 atom stereocenters. The lowest BCUT2D eigenvalue weighted by Crippen LogP contribution is -2.39. The number of aryl methyl sites for hydroxylation is 1. The van der Waals surface area contributed by atoms with Gasteiger partial charge in [-0.05, 0) is 38.4 Å². The SMILES string of the molecule is Cc1ccc(NC(=O)C2CCCN2Cc2ccccc2[N+](=O)[O-])c(C(=NCC(=O)O)c2ccccc2)c1. The maximum atomic E-state index is 13.5. The van der Waals surface area contributed by atoms with Crippen LogP contribution in [0, 0.1) is 17.0 Å². The van der Waals surface area contributed by atoms with Gasteiger partial charge < -0.3 is 10.4 Å². The molecule has 1 aliphatic heterocycles. The van der Waals surface area contributed by atoms with Crippen LogP contribution in [0.1, 0.15) is 35.1 Å². The number of amides is 1. The number of hydrogen-bond donors (Lipinski definition) is 2. The molecule has 0 radical (unpaired) electrons. The minimum Gasteiger partial charge on any atom is -0.480 e. The Morgan fingerprint density at radius 3 is 2.57 bits per heavy atom. The summed E-state index contributed by atoms with van der Waals surface area (Å²) in [6.45, 7) is 2.46. The smallest absolute Gasteiger partial charge is 0.325 e. The molecule has 2 N–H and O–H groups in total. The maximum absolute atomic E-state index is 13.5. The van der Waals surface area contributed by atoms with Crippen LogP contribution in [0.25, 0.3) is 0 Å². The van der Waals surface area contributed by atoms with Gasteiger partial charge in [-0.3, -0.25) is 29.6 Å². The summed E-state index contributed by atoms with van der Waals surface area (Å²) in [6, 6.07) is 20.9. The number of benzene rings is 3. The predicted molar refractivity (Wildman–Crippen MR) is 141 cm³/mol. The van der Waals surface area contributed by atoms with Crippen LogP contribution in [-0.4, -0.2) is 51.6 Å². The Morgan fingerprint density at radius 1 is 1.11 bits per heavy atom. The molecular formula is C28H28N4O5. The molecule has 0 aliphatic carbocycles. The third kappa shape index (κ3) is 6.25. The van der Waals surface area contributed by atoms with Crippen LogP contribution in [0.5, 0.6) is 0 Å². The molecular weight excluding hydrogens is 472 g/mol. The van der Waals surface area contributed by atoms with Crippen molar-refractivity contribution in [3.8, 4) is 0 Å². The number of carboxylic acid groups (broad SMARTS) is 1. The summed E-state index contributed by atoms with van der Waals surface area (Å²) < 4.78 is 0. The van der Waals surface area contributed by atoms with Crippen molar-refractivity contribution in [3.05, 3.63) is 105 Å². The molecule has 4 rings (SSSR count). The minimum atomic E-state index is -1.05. The van der Waals surface area contributed by atoms with Crippen LogP contribution < -0.4 is 5.32 Å². The summed E-state index contributed by atoms with van der Waals surface area (Å²) in [5.41, 5.74) is 3.91. The number of hydrogen-bond acceptors (Lipinski definition) is 6. The molecule has 1 fully saturated rings. The lowest BCUT2D eigenvalue weighted by Gasteiger charge is -2.24. The van der Waals surface area contributed by atoms with E-state index in [9.17, 15) is 24.8 Å². The third-order valence-corrected chi connectivity index (χ3v) is 6.34. The molecule has 9 heteroatoms. The van der Waals surface area contributed by atoms with Crippen molar-refractivity contribution in [1.29, 1.82) is 0 Å². The number of nitrogens with zero attached hydrogens (tertiary/aromatic N) is 3. The Hall–Kier alpha value is -4.37. The molecule has 190 valence electrons. The van der Waals surface area contributed by atoms with Gasteiger partial charge in [0.2, 0.25) is 5.91 Å². The van der Waals surface area contributed by atoms with Crippen molar-refractivity contribution in [3.63, 3.8) is 0 Å². The van der Waals surface area contributed by atoms with E-state index in [0.29, 0.717) is 42.0 Å². The van der Waals surface area contributed by atoms with E-state index in [1.165, 1.54) is 6.07 Å². The highest BCUT2D eigenvalue weighted by atomic mass is 16.6. The monoisotopic (exact) mass is 500 g/mol. The summed E-state index contributed by atoms with van der Waals surface area (Å²) in [4.78, 5) is 42.1. The van der Waals surface area contributed by atoms with Crippen LogP contribution >= 0.6 is 0 Å². The predicted octanol–water partition coefficient (Wildman–Crippen LogP) is 4.43. The summed E-state index contributed by atoms with van der Waals surface area (Å²) in [5.74, 6) is -1.27. The number of para-hydroxylation sites is 1. The number of aliphatic imine (C=N–C) groups is 1. The second-order valence-corrected chi connectivity index (χ2v) is 8.98. The van der Waals surface area contributed by atoms with E-state index in [-0.39, 0.29) is 11.6 Å². The fourth-order valence-corrected chi connectivity index (χ4v) is 4.61. The van der Waals surface area contributed by atoms with Gasteiger partial charge >= 0.3 is 5.97 Å². The summed E-state index contributed by atoms with van der Waals surface area (Å²) in [6.07, 6.45) is 1.43. The summed E-state index contributed by atoms with van der Waals surface area (Å²) in [7, 11) is 0. The number of nitro groups is 1. The van der Waals surface area contributed by atoms with E-state index in [2.05, 4.69) is 10.3 Å². The van der Waals surface area contributed by atoms with Crippen molar-refractivity contribution in [2.75, 3.05) is 18.4 Å². The van der Waals surface area contributed by atoms with Gasteiger partial charge in [0.15, 0.2) is 0 Å². The number of carbonyl (C=O) groups excluding carboxylic acids is 1. The summed E-state index contributed by atoms with van der Waals surface area (Å²) >= 11 is 0. The normalized spacial score (nSPS) is 15.9. The maximum Gasteiger partial charge on any atom is 0.325 e. The largest absolute Gasteiger partial charge is 0.480 e. The fraction of sp³-hybridized carbons (Fsp3) is 0.250. The zero-order chi connectivity index (χ0) is 26.4. The van der Waals surface area contributed by atoms with E-state index in [0.717, 1.165) is 17.5 Å². The lowest BCUT2D eigenvalue weighted by atomic mass is 9.98. The van der Waals surface area contributed by atoms with Crippen LogP contribution in [-0.2, 0) is 16.1 Å². The molecule has 0 aromatic heterocycles. The molecule has 1 saturated heterocycles. The first kappa shape index (κ1) is 25.7. The number of carboxylic acids is 1. The number of aliphatic carboxylic acids is 1. The highest BCUT2D eigenvalue weighted by Gasteiger charge is 2.32. The van der Waals surface area contributed by atoms with Gasteiger partial charge in [-0.1, -0.05) is 60.2 Å². The van der Waals surface area contributed by atoms with E-state index in [4.69, 9.17) is 0 Å². The molecule has 1 unspecified atom stereocenters. The molecule has 3 aromatic rings. The molecule has 0 spiro atoms. The average molecular weight is 501 g/mol. The summed E-state index contributed by atoms with van der Waals surface area (Å²) in [5, 5.41) is 23.7. The number of nitrogens with one attached hydrogen (secondary N) is 1.